The number of amides is 2. The molecule has 0 radical (unpaired) electrons. The summed E-state index contributed by atoms with van der Waals surface area (Å²) < 4.78 is 5.03. The molecular weight excluding hydrogens is 374 g/mol. The molecule has 0 bridgehead atoms. The van der Waals surface area contributed by atoms with Gasteiger partial charge < -0.3 is 19.9 Å². The minimum Gasteiger partial charge on any atom is -0.450 e. The van der Waals surface area contributed by atoms with E-state index in [2.05, 4.69) is 48.0 Å². The quantitative estimate of drug-likeness (QED) is 0.804. The smallest absolute Gasteiger partial charge is 0.409 e. The molecule has 2 amide bonds. The van der Waals surface area contributed by atoms with E-state index >= 15 is 0 Å². The molecule has 2 N–H and O–H groups in total. The van der Waals surface area contributed by atoms with Crippen molar-refractivity contribution in [2.45, 2.75) is 19.9 Å². The molecule has 0 aliphatic carbocycles. The first-order valence-electron chi connectivity index (χ1n) is 9.71. The molecule has 7 heteroatoms. The van der Waals surface area contributed by atoms with Gasteiger partial charge in [-0.25, -0.2) is 4.79 Å². The molecule has 28 heavy (non-hydrogen) atoms. The minimum atomic E-state index is -0.293. The molecule has 1 saturated heterocycles. The number of hydrogen-bond donors (Lipinski definition) is 1. The van der Waals surface area contributed by atoms with Crippen molar-refractivity contribution in [1.29, 1.82) is 0 Å². The van der Waals surface area contributed by atoms with E-state index in [9.17, 15) is 9.59 Å². The van der Waals surface area contributed by atoms with Gasteiger partial charge in [0, 0.05) is 31.7 Å². The Labute approximate surface area is 170 Å². The number of ether oxygens (including phenoxy) is 1. The summed E-state index contributed by atoms with van der Waals surface area (Å²) in [6.45, 7) is 6.79. The number of quaternary nitrogens is 1. The molecule has 2 heterocycles. The standard InChI is InChI=1S/C21H27N3O3S/c1-3-27-21(26)24-12-10-23(11-13-24)19(25)15-22-20(18-5-4-14-28-18)17-8-6-16(2)7-9-17/h4-9,14,20,22H,3,10-13,15H2,1-2H3/p+1/t20-/m0/s1. The van der Waals surface area contributed by atoms with Crippen molar-refractivity contribution in [2.24, 2.45) is 0 Å². The van der Waals surface area contributed by atoms with Crippen molar-refractivity contribution in [1.82, 2.24) is 9.80 Å². The lowest BCUT2D eigenvalue weighted by molar-refractivity contribution is -0.676. The van der Waals surface area contributed by atoms with E-state index in [1.807, 2.05) is 11.0 Å². The van der Waals surface area contributed by atoms with Crippen LogP contribution in [0.5, 0.6) is 0 Å². The van der Waals surface area contributed by atoms with Gasteiger partial charge in [0.1, 0.15) is 6.04 Å². The summed E-state index contributed by atoms with van der Waals surface area (Å²) in [6.07, 6.45) is -0.293. The summed E-state index contributed by atoms with van der Waals surface area (Å²) in [4.78, 5) is 29.3. The van der Waals surface area contributed by atoms with Crippen LogP contribution in [0.25, 0.3) is 0 Å². The van der Waals surface area contributed by atoms with Gasteiger partial charge in [-0.05, 0) is 25.3 Å². The van der Waals surface area contributed by atoms with Gasteiger partial charge in [-0.15, -0.1) is 11.3 Å². The van der Waals surface area contributed by atoms with Crippen LogP contribution in [0.2, 0.25) is 0 Å². The molecule has 1 atom stereocenters. The van der Waals surface area contributed by atoms with Crippen molar-refractivity contribution >= 4 is 23.3 Å². The maximum Gasteiger partial charge on any atom is 0.409 e. The number of piperazine rings is 1. The molecule has 0 spiro atoms. The Balaban J connectivity index is 1.57. The highest BCUT2D eigenvalue weighted by atomic mass is 32.1. The van der Waals surface area contributed by atoms with Crippen LogP contribution in [0, 0.1) is 6.92 Å². The monoisotopic (exact) mass is 402 g/mol. The second kappa shape index (κ2) is 9.71. The Morgan fingerprint density at radius 2 is 1.79 bits per heavy atom. The van der Waals surface area contributed by atoms with Crippen LogP contribution < -0.4 is 5.32 Å². The van der Waals surface area contributed by atoms with Crippen molar-refractivity contribution in [3.05, 3.63) is 57.8 Å². The lowest BCUT2D eigenvalue weighted by Gasteiger charge is -2.33. The van der Waals surface area contributed by atoms with Gasteiger partial charge in [0.05, 0.1) is 11.5 Å². The molecule has 1 aromatic carbocycles. The lowest BCUT2D eigenvalue weighted by Crippen LogP contribution is -2.87. The Kier molecular flexibility index (Phi) is 7.06. The van der Waals surface area contributed by atoms with Gasteiger partial charge in [-0.2, -0.15) is 0 Å². The number of rotatable bonds is 6. The maximum atomic E-state index is 12.7. The summed E-state index contributed by atoms with van der Waals surface area (Å²) in [6, 6.07) is 12.8. The first-order valence-corrected chi connectivity index (χ1v) is 10.6. The van der Waals surface area contributed by atoms with Gasteiger partial charge in [0.15, 0.2) is 6.54 Å². The molecule has 150 valence electrons. The molecule has 0 saturated carbocycles. The molecular formula is C21H28N3O3S+. The van der Waals surface area contributed by atoms with Crippen LogP contribution in [0.15, 0.2) is 41.8 Å². The van der Waals surface area contributed by atoms with Gasteiger partial charge in [0.2, 0.25) is 0 Å². The predicted octanol–water partition coefficient (Wildman–Crippen LogP) is 2.01. The van der Waals surface area contributed by atoms with Crippen LogP contribution in [0.3, 0.4) is 0 Å². The summed E-state index contributed by atoms with van der Waals surface area (Å²) in [5.41, 5.74) is 2.43. The van der Waals surface area contributed by atoms with Crippen molar-refractivity contribution in [2.75, 3.05) is 39.3 Å². The Morgan fingerprint density at radius 1 is 1.11 bits per heavy atom. The third-order valence-corrected chi connectivity index (χ3v) is 5.93. The second-order valence-corrected chi connectivity index (χ2v) is 7.89. The van der Waals surface area contributed by atoms with Crippen LogP contribution >= 0.6 is 11.3 Å². The average Bonchev–Trinajstić information content (AvgIpc) is 3.24. The van der Waals surface area contributed by atoms with Crippen molar-refractivity contribution in [3.63, 3.8) is 0 Å². The van der Waals surface area contributed by atoms with E-state index in [0.717, 1.165) is 0 Å². The first kappa shape index (κ1) is 20.4. The zero-order chi connectivity index (χ0) is 19.9. The van der Waals surface area contributed by atoms with Crippen molar-refractivity contribution < 1.29 is 19.6 Å². The summed E-state index contributed by atoms with van der Waals surface area (Å²) in [7, 11) is 0. The highest BCUT2D eigenvalue weighted by molar-refractivity contribution is 7.10. The minimum absolute atomic E-state index is 0.108. The predicted molar refractivity (Wildman–Crippen MR) is 109 cm³/mol. The molecule has 6 nitrogen and oxygen atoms in total. The van der Waals surface area contributed by atoms with E-state index < -0.39 is 0 Å². The molecule has 3 rings (SSSR count). The van der Waals surface area contributed by atoms with E-state index in [4.69, 9.17) is 4.74 Å². The summed E-state index contributed by atoms with van der Waals surface area (Å²) in [5, 5.41) is 4.18. The zero-order valence-corrected chi connectivity index (χ0v) is 17.3. The van der Waals surface area contributed by atoms with Crippen LogP contribution in [0.1, 0.15) is 29.0 Å². The average molecular weight is 403 g/mol. The van der Waals surface area contributed by atoms with Crippen LogP contribution in [0.4, 0.5) is 4.79 Å². The van der Waals surface area contributed by atoms with Gasteiger partial charge >= 0.3 is 6.09 Å². The third-order valence-electron chi connectivity index (χ3n) is 4.97. The fraction of sp³-hybridized carbons (Fsp3) is 0.429. The Bertz CT molecular complexity index is 769. The van der Waals surface area contributed by atoms with Gasteiger partial charge in [-0.3, -0.25) is 4.79 Å². The van der Waals surface area contributed by atoms with E-state index in [1.54, 1.807) is 23.2 Å². The normalized spacial score (nSPS) is 15.4. The number of thiophene rings is 1. The topological polar surface area (TPSA) is 66.5 Å². The maximum absolute atomic E-state index is 12.7. The highest BCUT2D eigenvalue weighted by Crippen LogP contribution is 2.23. The van der Waals surface area contributed by atoms with E-state index in [-0.39, 0.29) is 18.0 Å². The van der Waals surface area contributed by atoms with Crippen molar-refractivity contribution in [3.8, 4) is 0 Å². The molecule has 1 aliphatic heterocycles. The number of carbonyl (C=O) groups excluding carboxylic acids is 2. The SMILES string of the molecule is CCOC(=O)N1CCN(C(=O)C[NH2+][C@@H](c2ccc(C)cc2)c2cccs2)CC1. The third kappa shape index (κ3) is 5.11. The first-order chi connectivity index (χ1) is 13.6. The fourth-order valence-electron chi connectivity index (χ4n) is 3.36. The molecule has 1 aromatic heterocycles. The Morgan fingerprint density at radius 3 is 2.39 bits per heavy atom. The van der Waals surface area contributed by atoms with E-state index in [1.165, 1.54) is 16.0 Å². The molecule has 0 unspecified atom stereocenters. The van der Waals surface area contributed by atoms with Gasteiger partial charge in [-0.1, -0.05) is 35.9 Å². The zero-order valence-electron chi connectivity index (χ0n) is 16.5. The lowest BCUT2D eigenvalue weighted by atomic mass is 10.0. The van der Waals surface area contributed by atoms with Gasteiger partial charge in [0.25, 0.3) is 5.91 Å². The Hall–Kier alpha value is -2.38. The van der Waals surface area contributed by atoms with E-state index in [0.29, 0.717) is 39.3 Å². The number of nitrogens with zero attached hydrogens (tertiary/aromatic N) is 2. The largest absolute Gasteiger partial charge is 0.450 e. The number of benzene rings is 1. The number of hydrogen-bond acceptors (Lipinski definition) is 4. The summed E-state index contributed by atoms with van der Waals surface area (Å²) >= 11 is 1.71. The highest BCUT2D eigenvalue weighted by Gasteiger charge is 2.27. The van der Waals surface area contributed by atoms with Crippen LogP contribution in [-0.2, 0) is 9.53 Å². The molecule has 1 fully saturated rings. The fourth-order valence-corrected chi connectivity index (χ4v) is 4.21. The number of nitrogens with two attached hydrogens (primary N) is 1. The summed E-state index contributed by atoms with van der Waals surface area (Å²) in [5.74, 6) is 0.108. The number of carbonyl (C=O) groups is 2. The molecule has 2 aromatic rings. The number of aryl methyl sites for hydroxylation is 1. The second-order valence-electron chi connectivity index (χ2n) is 6.91. The van der Waals surface area contributed by atoms with Crippen LogP contribution in [-0.4, -0.2) is 61.1 Å². The molecule has 1 aliphatic rings.